The molecule has 2 N–H and O–H groups in total. The molecule has 1 aromatic carbocycles. The Balaban J connectivity index is 1.78. The molecular weight excluding hydrogens is 480 g/mol. The quantitative estimate of drug-likeness (QED) is 0.399. The molecule has 0 aliphatic carbocycles. The number of hydrogen-bond donors (Lipinski definition) is 1. The van der Waals surface area contributed by atoms with Gasteiger partial charge in [0.2, 0.25) is 0 Å². The summed E-state index contributed by atoms with van der Waals surface area (Å²) in [7, 11) is -3.61. The highest BCUT2D eigenvalue weighted by atomic mass is 35.5. The molecule has 172 valence electrons. The second-order valence-electron chi connectivity index (χ2n) is 6.81. The van der Waals surface area contributed by atoms with Crippen LogP contribution in [0.25, 0.3) is 22.2 Å². The number of benzene rings is 1. The van der Waals surface area contributed by atoms with Crippen molar-refractivity contribution < 1.29 is 21.9 Å². The Morgan fingerprint density at radius 3 is 2.70 bits per heavy atom. The van der Waals surface area contributed by atoms with Crippen LogP contribution in [0.2, 0.25) is 5.02 Å². The van der Waals surface area contributed by atoms with E-state index < -0.39 is 32.8 Å². The Kier molecular flexibility index (Phi) is 5.84. The van der Waals surface area contributed by atoms with Gasteiger partial charge in [-0.1, -0.05) is 11.6 Å². The zero-order valence-corrected chi connectivity index (χ0v) is 18.8. The predicted molar refractivity (Wildman–Crippen MR) is 116 cm³/mol. The Bertz CT molecular complexity index is 1480. The monoisotopic (exact) mass is 495 g/mol. The van der Waals surface area contributed by atoms with Gasteiger partial charge in [0.1, 0.15) is 34.8 Å². The van der Waals surface area contributed by atoms with E-state index in [0.29, 0.717) is 0 Å². The third kappa shape index (κ3) is 4.04. The average molecular weight is 496 g/mol. The SMILES string of the molecule is CCS(=O)(=O)n1cnc(C(C)Oc2cnc(-c3ccc(F)c(Cl)c3F)c3ncnc(N)c23)n1. The van der Waals surface area contributed by atoms with Gasteiger partial charge in [-0.15, -0.1) is 9.19 Å². The molecule has 10 nitrogen and oxygen atoms in total. The standard InChI is InChI=1S/C19H16ClF2N7O3S/c1-3-33(30,31)29-8-27-19(28-29)9(2)32-12-6-24-16(17-13(12)18(23)26-7-25-17)10-4-5-11(21)14(20)15(10)22/h4-9H,3H2,1-2H3,(H2,23,25,26). The molecule has 0 amide bonds. The first kappa shape index (κ1) is 22.7. The van der Waals surface area contributed by atoms with Crippen LogP contribution in [0.4, 0.5) is 14.6 Å². The molecule has 33 heavy (non-hydrogen) atoms. The van der Waals surface area contributed by atoms with Gasteiger partial charge in [-0.3, -0.25) is 0 Å². The van der Waals surface area contributed by atoms with Crippen molar-refractivity contribution in [1.29, 1.82) is 0 Å². The number of pyridine rings is 1. The summed E-state index contributed by atoms with van der Waals surface area (Å²) < 4.78 is 58.9. The fraction of sp³-hybridized carbons (Fsp3) is 0.211. The third-order valence-corrected chi connectivity index (χ3v) is 6.58. The van der Waals surface area contributed by atoms with Crippen LogP contribution in [0.15, 0.2) is 31.0 Å². The van der Waals surface area contributed by atoms with Crippen molar-refractivity contribution in [3.63, 3.8) is 0 Å². The second-order valence-corrected chi connectivity index (χ2v) is 9.31. The van der Waals surface area contributed by atoms with Crippen molar-refractivity contribution in [2.75, 3.05) is 11.5 Å². The highest BCUT2D eigenvalue weighted by Crippen LogP contribution is 2.37. The maximum atomic E-state index is 14.7. The normalized spacial score (nSPS) is 12.8. The Hall–Kier alpha value is -3.45. The molecule has 1 atom stereocenters. The van der Waals surface area contributed by atoms with Crippen molar-refractivity contribution in [2.45, 2.75) is 20.0 Å². The fourth-order valence-corrected chi connectivity index (χ4v) is 3.85. The van der Waals surface area contributed by atoms with Gasteiger partial charge in [-0.25, -0.2) is 37.1 Å². The van der Waals surface area contributed by atoms with E-state index in [9.17, 15) is 17.2 Å². The number of fused-ring (bicyclic) bond motifs is 1. The smallest absolute Gasteiger partial charge is 0.254 e. The fourth-order valence-electron chi connectivity index (χ4n) is 3.02. The summed E-state index contributed by atoms with van der Waals surface area (Å²) in [6.07, 6.45) is 2.69. The second kappa shape index (κ2) is 8.48. The number of nitrogens with two attached hydrogens (primary N) is 1. The lowest BCUT2D eigenvalue weighted by molar-refractivity contribution is 0.219. The van der Waals surface area contributed by atoms with Crippen LogP contribution < -0.4 is 10.5 Å². The van der Waals surface area contributed by atoms with Gasteiger partial charge < -0.3 is 10.5 Å². The van der Waals surface area contributed by atoms with E-state index in [1.165, 1.54) is 19.2 Å². The van der Waals surface area contributed by atoms with E-state index in [1.807, 2.05) is 0 Å². The highest BCUT2D eigenvalue weighted by Gasteiger charge is 2.23. The van der Waals surface area contributed by atoms with E-state index in [0.717, 1.165) is 22.8 Å². The van der Waals surface area contributed by atoms with E-state index in [-0.39, 0.29) is 45.3 Å². The average Bonchev–Trinajstić information content (AvgIpc) is 3.30. The number of aromatic nitrogens is 6. The van der Waals surface area contributed by atoms with Crippen LogP contribution in [0.3, 0.4) is 0 Å². The number of ether oxygens (including phenoxy) is 1. The number of halogens is 3. The minimum Gasteiger partial charge on any atom is -0.480 e. The maximum Gasteiger partial charge on any atom is 0.254 e. The highest BCUT2D eigenvalue weighted by molar-refractivity contribution is 7.89. The molecule has 3 aromatic heterocycles. The van der Waals surface area contributed by atoms with Crippen LogP contribution in [0.1, 0.15) is 25.8 Å². The summed E-state index contributed by atoms with van der Waals surface area (Å²) in [5, 5.41) is 3.49. The first-order valence-electron chi connectivity index (χ1n) is 9.48. The van der Waals surface area contributed by atoms with Gasteiger partial charge in [0.15, 0.2) is 23.5 Å². The van der Waals surface area contributed by atoms with Crippen molar-refractivity contribution >= 4 is 38.3 Å². The molecule has 0 spiro atoms. The number of rotatable bonds is 6. The van der Waals surface area contributed by atoms with Crippen LogP contribution >= 0.6 is 11.6 Å². The lowest BCUT2D eigenvalue weighted by atomic mass is 10.1. The summed E-state index contributed by atoms with van der Waals surface area (Å²) in [6, 6.07) is 2.20. The van der Waals surface area contributed by atoms with E-state index >= 15 is 0 Å². The molecule has 3 heterocycles. The predicted octanol–water partition coefficient (Wildman–Crippen LogP) is 3.13. The van der Waals surface area contributed by atoms with Gasteiger partial charge >= 0.3 is 0 Å². The lowest BCUT2D eigenvalue weighted by Gasteiger charge is -2.16. The van der Waals surface area contributed by atoms with Crippen molar-refractivity contribution in [1.82, 2.24) is 29.1 Å². The molecule has 0 aliphatic rings. The van der Waals surface area contributed by atoms with Crippen LogP contribution in [-0.2, 0) is 10.0 Å². The molecule has 0 bridgehead atoms. The first-order valence-corrected chi connectivity index (χ1v) is 11.5. The largest absolute Gasteiger partial charge is 0.480 e. The minimum absolute atomic E-state index is 0.0199. The maximum absolute atomic E-state index is 14.7. The number of hydrogen-bond acceptors (Lipinski definition) is 9. The number of anilines is 1. The summed E-state index contributed by atoms with van der Waals surface area (Å²) in [5.74, 6) is -1.83. The summed E-state index contributed by atoms with van der Waals surface area (Å²) in [4.78, 5) is 16.3. The van der Waals surface area contributed by atoms with Crippen molar-refractivity contribution in [2.24, 2.45) is 0 Å². The molecule has 4 aromatic rings. The number of nitrogens with zero attached hydrogens (tertiary/aromatic N) is 6. The third-order valence-electron chi connectivity index (χ3n) is 4.76. The molecule has 0 saturated heterocycles. The molecule has 0 aliphatic heterocycles. The van der Waals surface area contributed by atoms with E-state index in [2.05, 4.69) is 25.0 Å². The van der Waals surface area contributed by atoms with Crippen LogP contribution in [-0.4, -0.2) is 43.3 Å². The van der Waals surface area contributed by atoms with Gasteiger partial charge in [-0.05, 0) is 26.0 Å². The molecule has 0 fully saturated rings. The minimum atomic E-state index is -3.61. The van der Waals surface area contributed by atoms with Crippen molar-refractivity contribution in [3.8, 4) is 17.0 Å². The summed E-state index contributed by atoms with van der Waals surface area (Å²) in [5.41, 5.74) is 6.14. The Morgan fingerprint density at radius 1 is 1.21 bits per heavy atom. The zero-order valence-electron chi connectivity index (χ0n) is 17.2. The van der Waals surface area contributed by atoms with Crippen molar-refractivity contribution in [3.05, 3.63) is 53.5 Å². The molecule has 0 radical (unpaired) electrons. The molecule has 4 rings (SSSR count). The molecule has 14 heteroatoms. The lowest BCUT2D eigenvalue weighted by Crippen LogP contribution is -2.16. The van der Waals surface area contributed by atoms with Gasteiger partial charge in [-0.2, -0.15) is 0 Å². The Labute approximate surface area is 191 Å². The Morgan fingerprint density at radius 2 is 1.97 bits per heavy atom. The topological polar surface area (TPSA) is 139 Å². The van der Waals surface area contributed by atoms with Gasteiger partial charge in [0.25, 0.3) is 10.0 Å². The first-order chi connectivity index (χ1) is 15.6. The van der Waals surface area contributed by atoms with Crippen LogP contribution in [0, 0.1) is 11.6 Å². The molecule has 1 unspecified atom stereocenters. The molecule has 0 saturated carbocycles. The van der Waals surface area contributed by atoms with Gasteiger partial charge in [0, 0.05) is 5.56 Å². The molecular formula is C19H16ClF2N7O3S. The number of nitrogen functional groups attached to an aromatic ring is 1. The van der Waals surface area contributed by atoms with Crippen LogP contribution in [0.5, 0.6) is 5.75 Å². The zero-order chi connectivity index (χ0) is 23.9. The van der Waals surface area contributed by atoms with Gasteiger partial charge in [0.05, 0.1) is 23.0 Å². The summed E-state index contributed by atoms with van der Waals surface area (Å²) >= 11 is 5.71. The van der Waals surface area contributed by atoms with E-state index in [4.69, 9.17) is 22.1 Å². The summed E-state index contributed by atoms with van der Waals surface area (Å²) in [6.45, 7) is 3.08. The van der Waals surface area contributed by atoms with E-state index in [1.54, 1.807) is 6.92 Å².